The van der Waals surface area contributed by atoms with E-state index in [1.807, 2.05) is 0 Å². The maximum absolute atomic E-state index is 12.9. The third kappa shape index (κ3) is 6.08. The number of thioether (sulfide) groups is 1. The molecule has 2 heterocycles. The Morgan fingerprint density at radius 2 is 2.07 bits per heavy atom. The van der Waals surface area contributed by atoms with E-state index in [1.54, 1.807) is 30.0 Å². The number of benzene rings is 1. The SMILES string of the molecule is CCCSc1nnc(NC(=O)[C@H]2CCCN(S(=O)(=O)Cc3c(Cl)cccc3Cl)C2)s1. The number of carbonyl (C=O) groups excluding carboxylic acids is 1. The van der Waals surface area contributed by atoms with E-state index in [0.717, 1.165) is 16.5 Å². The van der Waals surface area contributed by atoms with Gasteiger partial charge in [0.25, 0.3) is 0 Å². The number of nitrogens with one attached hydrogen (secondary N) is 1. The Labute approximate surface area is 194 Å². The van der Waals surface area contributed by atoms with Gasteiger partial charge in [0.2, 0.25) is 21.1 Å². The summed E-state index contributed by atoms with van der Waals surface area (Å²) in [6.07, 6.45) is 2.24. The third-order valence-corrected chi connectivity index (χ3v) is 9.26. The number of sulfonamides is 1. The summed E-state index contributed by atoms with van der Waals surface area (Å²) in [5.74, 6) is -0.0541. The van der Waals surface area contributed by atoms with Crippen molar-refractivity contribution < 1.29 is 13.2 Å². The molecule has 0 bridgehead atoms. The molecule has 2 aromatic rings. The lowest BCUT2D eigenvalue weighted by Gasteiger charge is -2.31. The van der Waals surface area contributed by atoms with Gasteiger partial charge in [-0.2, -0.15) is 0 Å². The first-order valence-electron chi connectivity index (χ1n) is 9.48. The monoisotopic (exact) mass is 508 g/mol. The number of nitrogens with zero attached hydrogens (tertiary/aromatic N) is 3. The topological polar surface area (TPSA) is 92.3 Å². The van der Waals surface area contributed by atoms with Crippen molar-refractivity contribution in [2.45, 2.75) is 36.3 Å². The molecule has 164 valence electrons. The second kappa shape index (κ2) is 10.6. The summed E-state index contributed by atoms with van der Waals surface area (Å²) in [6, 6.07) is 4.89. The minimum absolute atomic E-state index is 0.118. The van der Waals surface area contributed by atoms with E-state index < -0.39 is 15.9 Å². The minimum atomic E-state index is -3.67. The highest BCUT2D eigenvalue weighted by atomic mass is 35.5. The molecule has 1 fully saturated rings. The number of aromatic nitrogens is 2. The number of piperidine rings is 1. The van der Waals surface area contributed by atoms with Gasteiger partial charge in [0.1, 0.15) is 0 Å². The van der Waals surface area contributed by atoms with Gasteiger partial charge in [0.05, 0.1) is 11.7 Å². The van der Waals surface area contributed by atoms with Crippen LogP contribution in [-0.4, -0.2) is 47.7 Å². The van der Waals surface area contributed by atoms with Crippen LogP contribution in [0, 0.1) is 5.92 Å². The van der Waals surface area contributed by atoms with E-state index in [4.69, 9.17) is 23.2 Å². The van der Waals surface area contributed by atoms with Crippen LogP contribution >= 0.6 is 46.3 Å². The number of anilines is 1. The molecule has 1 aliphatic rings. The smallest absolute Gasteiger partial charge is 0.230 e. The van der Waals surface area contributed by atoms with Gasteiger partial charge in [-0.15, -0.1) is 10.2 Å². The average Bonchev–Trinajstić information content (AvgIpc) is 3.16. The van der Waals surface area contributed by atoms with E-state index >= 15 is 0 Å². The van der Waals surface area contributed by atoms with Gasteiger partial charge in [0, 0.05) is 34.5 Å². The Bertz CT molecular complexity index is 980. The van der Waals surface area contributed by atoms with Crippen LogP contribution in [0.15, 0.2) is 22.5 Å². The van der Waals surface area contributed by atoms with Crippen LogP contribution < -0.4 is 5.32 Å². The lowest BCUT2D eigenvalue weighted by atomic mass is 9.99. The van der Waals surface area contributed by atoms with Crippen molar-refractivity contribution in [1.82, 2.24) is 14.5 Å². The van der Waals surface area contributed by atoms with Gasteiger partial charge >= 0.3 is 0 Å². The zero-order valence-electron chi connectivity index (χ0n) is 16.3. The molecule has 1 amide bonds. The second-order valence-corrected chi connectivity index (χ2v) is 12.0. The van der Waals surface area contributed by atoms with Gasteiger partial charge in [0.15, 0.2) is 4.34 Å². The fourth-order valence-corrected chi connectivity index (χ4v) is 7.11. The Kier molecular flexibility index (Phi) is 8.39. The maximum Gasteiger partial charge on any atom is 0.230 e. The molecule has 1 aromatic heterocycles. The van der Waals surface area contributed by atoms with Crippen LogP contribution in [0.1, 0.15) is 31.7 Å². The lowest BCUT2D eigenvalue weighted by molar-refractivity contribution is -0.120. The Morgan fingerprint density at radius 1 is 1.33 bits per heavy atom. The highest BCUT2D eigenvalue weighted by Crippen LogP contribution is 2.30. The predicted octanol–water partition coefficient (Wildman–Crippen LogP) is 4.53. The fraction of sp³-hybridized carbons (Fsp3) is 0.500. The van der Waals surface area contributed by atoms with Gasteiger partial charge < -0.3 is 5.32 Å². The Morgan fingerprint density at radius 3 is 2.77 bits per heavy atom. The molecule has 1 N–H and O–H groups in total. The molecule has 0 unspecified atom stereocenters. The van der Waals surface area contributed by atoms with Crippen LogP contribution in [0.3, 0.4) is 0 Å². The number of amides is 1. The zero-order valence-corrected chi connectivity index (χ0v) is 20.3. The van der Waals surface area contributed by atoms with Crippen molar-refractivity contribution in [3.63, 3.8) is 0 Å². The molecule has 7 nitrogen and oxygen atoms in total. The molecule has 0 saturated carbocycles. The fourth-order valence-electron chi connectivity index (χ4n) is 3.07. The largest absolute Gasteiger partial charge is 0.300 e. The van der Waals surface area contributed by atoms with Crippen molar-refractivity contribution >= 4 is 67.4 Å². The number of carbonyl (C=O) groups is 1. The lowest BCUT2D eigenvalue weighted by Crippen LogP contribution is -2.44. The summed E-state index contributed by atoms with van der Waals surface area (Å²) in [7, 11) is -3.67. The Balaban J connectivity index is 1.64. The summed E-state index contributed by atoms with van der Waals surface area (Å²) >= 11 is 15.2. The number of hydrogen-bond donors (Lipinski definition) is 1. The molecule has 0 spiro atoms. The van der Waals surface area contributed by atoms with Crippen LogP contribution in [-0.2, 0) is 20.6 Å². The van der Waals surface area contributed by atoms with E-state index in [2.05, 4.69) is 22.4 Å². The first kappa shape index (κ1) is 23.7. The zero-order chi connectivity index (χ0) is 21.7. The first-order chi connectivity index (χ1) is 14.3. The van der Waals surface area contributed by atoms with Gasteiger partial charge in [-0.3, -0.25) is 4.79 Å². The van der Waals surface area contributed by atoms with Crippen LogP contribution in [0.25, 0.3) is 0 Å². The van der Waals surface area contributed by atoms with Gasteiger partial charge in [-0.05, 0) is 31.4 Å². The third-order valence-electron chi connectivity index (χ3n) is 4.60. The molecule has 12 heteroatoms. The molecule has 3 rings (SSSR count). The Hall–Kier alpha value is -0.910. The van der Waals surface area contributed by atoms with Crippen molar-refractivity contribution in [3.05, 3.63) is 33.8 Å². The molecule has 30 heavy (non-hydrogen) atoms. The summed E-state index contributed by atoms with van der Waals surface area (Å²) in [4.78, 5) is 12.7. The summed E-state index contributed by atoms with van der Waals surface area (Å²) < 4.78 is 28.0. The summed E-state index contributed by atoms with van der Waals surface area (Å²) in [5.41, 5.74) is 0.373. The molecule has 1 aliphatic heterocycles. The van der Waals surface area contributed by atoms with Crippen LogP contribution in [0.4, 0.5) is 5.13 Å². The second-order valence-electron chi connectivity index (χ2n) is 6.86. The van der Waals surface area contributed by atoms with Crippen LogP contribution in [0.5, 0.6) is 0 Å². The molecular formula is C18H22Cl2N4O3S3. The number of rotatable bonds is 8. The molecule has 0 radical (unpaired) electrons. The van der Waals surface area contributed by atoms with E-state index in [0.29, 0.717) is 40.1 Å². The summed E-state index contributed by atoms with van der Waals surface area (Å²) in [5, 5.41) is 11.9. The highest BCUT2D eigenvalue weighted by molar-refractivity contribution is 8.01. The van der Waals surface area contributed by atoms with E-state index in [-0.39, 0.29) is 18.2 Å². The molecule has 0 aliphatic carbocycles. The standard InChI is InChI=1S/C18H22Cl2N4O3S3/c1-2-9-28-18-23-22-17(29-18)21-16(25)12-5-4-8-24(10-12)30(26,27)11-13-14(19)6-3-7-15(13)20/h3,6-7,12H,2,4-5,8-11H2,1H3,(H,21,22,25)/t12-/m0/s1. The highest BCUT2D eigenvalue weighted by Gasteiger charge is 2.33. The van der Waals surface area contributed by atoms with Gasteiger partial charge in [-0.25, -0.2) is 12.7 Å². The summed E-state index contributed by atoms with van der Waals surface area (Å²) in [6.45, 7) is 2.57. The quantitative estimate of drug-likeness (QED) is 0.415. The molecule has 1 saturated heterocycles. The first-order valence-corrected chi connectivity index (χ1v) is 13.6. The molecular weight excluding hydrogens is 487 g/mol. The molecule has 1 aromatic carbocycles. The van der Waals surface area contributed by atoms with E-state index in [9.17, 15) is 13.2 Å². The maximum atomic E-state index is 12.9. The van der Waals surface area contributed by atoms with Crippen molar-refractivity contribution in [2.75, 3.05) is 24.2 Å². The van der Waals surface area contributed by atoms with E-state index in [1.165, 1.54) is 15.6 Å². The normalized spacial score (nSPS) is 17.8. The molecule has 1 atom stereocenters. The van der Waals surface area contributed by atoms with Crippen molar-refractivity contribution in [3.8, 4) is 0 Å². The van der Waals surface area contributed by atoms with Crippen molar-refractivity contribution in [2.24, 2.45) is 5.92 Å². The number of hydrogen-bond acceptors (Lipinski definition) is 7. The average molecular weight is 510 g/mol. The van der Waals surface area contributed by atoms with Crippen LogP contribution in [0.2, 0.25) is 10.0 Å². The number of halogens is 2. The predicted molar refractivity (Wildman–Crippen MR) is 123 cm³/mol. The minimum Gasteiger partial charge on any atom is -0.300 e. The van der Waals surface area contributed by atoms with Crippen molar-refractivity contribution in [1.29, 1.82) is 0 Å². The van der Waals surface area contributed by atoms with Gasteiger partial charge in [-0.1, -0.05) is 59.3 Å².